The van der Waals surface area contributed by atoms with Crippen LogP contribution in [0, 0.1) is 13.8 Å². The molecule has 1 heterocycles. The first-order chi connectivity index (χ1) is 11.8. The van der Waals surface area contributed by atoms with E-state index in [1.807, 2.05) is 19.1 Å². The van der Waals surface area contributed by atoms with E-state index >= 15 is 0 Å². The van der Waals surface area contributed by atoms with Gasteiger partial charge in [0.25, 0.3) is 5.56 Å². The Morgan fingerprint density at radius 3 is 2.52 bits per heavy atom. The van der Waals surface area contributed by atoms with E-state index in [9.17, 15) is 9.59 Å². The molecule has 2 rings (SSSR count). The van der Waals surface area contributed by atoms with Crippen molar-refractivity contribution in [2.75, 3.05) is 14.2 Å². The van der Waals surface area contributed by atoms with E-state index in [4.69, 9.17) is 9.47 Å². The number of carbonyl (C=O) groups excluding carboxylic acids is 1. The lowest BCUT2D eigenvalue weighted by molar-refractivity contribution is -0.121. The molecule has 0 saturated heterocycles. The van der Waals surface area contributed by atoms with Crippen LogP contribution in [0.15, 0.2) is 23.0 Å². The van der Waals surface area contributed by atoms with Crippen molar-refractivity contribution < 1.29 is 14.3 Å². The summed E-state index contributed by atoms with van der Waals surface area (Å²) in [6.07, 6.45) is -0.0217. The largest absolute Gasteiger partial charge is 0.493 e. The fraction of sp³-hybridized carbons (Fsp3) is 0.389. The van der Waals surface area contributed by atoms with E-state index in [0.717, 1.165) is 5.56 Å². The highest BCUT2D eigenvalue weighted by Gasteiger charge is 2.16. The van der Waals surface area contributed by atoms with Gasteiger partial charge in [0.05, 0.1) is 26.7 Å². The monoisotopic (exact) mass is 345 g/mol. The molecule has 1 atom stereocenters. The van der Waals surface area contributed by atoms with Crippen molar-refractivity contribution in [2.45, 2.75) is 33.2 Å². The Labute approximate surface area is 146 Å². The highest BCUT2D eigenvalue weighted by Crippen LogP contribution is 2.29. The lowest BCUT2D eigenvalue weighted by Crippen LogP contribution is -2.31. The molecular weight excluding hydrogens is 322 g/mol. The highest BCUT2D eigenvalue weighted by atomic mass is 16.5. The molecule has 0 fully saturated rings. The summed E-state index contributed by atoms with van der Waals surface area (Å²) in [5.74, 6) is 1.50. The smallest absolute Gasteiger partial charge is 0.254 e. The zero-order valence-corrected chi connectivity index (χ0v) is 15.1. The van der Waals surface area contributed by atoms with Gasteiger partial charge in [-0.15, -0.1) is 0 Å². The molecule has 0 saturated carbocycles. The zero-order chi connectivity index (χ0) is 18.6. The molecule has 0 aliphatic carbocycles. The number of ether oxygens (including phenoxy) is 2. The number of aromatic nitrogens is 2. The van der Waals surface area contributed by atoms with Crippen LogP contribution in [0.5, 0.6) is 11.5 Å². The van der Waals surface area contributed by atoms with Crippen molar-refractivity contribution in [3.05, 3.63) is 51.2 Å². The molecule has 0 unspecified atom stereocenters. The maximum atomic E-state index is 12.3. The van der Waals surface area contributed by atoms with E-state index in [2.05, 4.69) is 15.3 Å². The Hall–Kier alpha value is -2.83. The highest BCUT2D eigenvalue weighted by molar-refractivity contribution is 5.79. The summed E-state index contributed by atoms with van der Waals surface area (Å²) < 4.78 is 10.5. The number of aromatic amines is 1. The zero-order valence-electron chi connectivity index (χ0n) is 15.1. The predicted octanol–water partition coefficient (Wildman–Crippen LogP) is 1.82. The van der Waals surface area contributed by atoms with Crippen molar-refractivity contribution >= 4 is 5.91 Å². The van der Waals surface area contributed by atoms with Gasteiger partial charge in [0, 0.05) is 11.3 Å². The SMILES string of the molecule is COc1ccc([C@H](C)NC(=O)Cc2c(C)nc(C)[nH]c2=O)cc1OC. The Bertz CT molecular complexity index is 830. The van der Waals surface area contributed by atoms with Crippen molar-refractivity contribution in [1.29, 1.82) is 0 Å². The van der Waals surface area contributed by atoms with Crippen LogP contribution in [0.2, 0.25) is 0 Å². The van der Waals surface area contributed by atoms with Crippen LogP contribution < -0.4 is 20.3 Å². The Kier molecular flexibility index (Phi) is 5.80. The van der Waals surface area contributed by atoms with Gasteiger partial charge in [-0.3, -0.25) is 9.59 Å². The van der Waals surface area contributed by atoms with Crippen molar-refractivity contribution in [3.8, 4) is 11.5 Å². The van der Waals surface area contributed by atoms with Gasteiger partial charge in [-0.25, -0.2) is 4.98 Å². The maximum absolute atomic E-state index is 12.3. The van der Waals surface area contributed by atoms with E-state index in [1.165, 1.54) is 0 Å². The van der Waals surface area contributed by atoms with Gasteiger partial charge in [0.1, 0.15) is 5.82 Å². The summed E-state index contributed by atoms with van der Waals surface area (Å²) in [7, 11) is 3.13. The number of amides is 1. The molecule has 134 valence electrons. The van der Waals surface area contributed by atoms with E-state index in [-0.39, 0.29) is 23.9 Å². The van der Waals surface area contributed by atoms with Crippen molar-refractivity contribution in [3.63, 3.8) is 0 Å². The third-order valence-corrected chi connectivity index (χ3v) is 3.96. The molecule has 2 aromatic rings. The van der Waals surface area contributed by atoms with Crippen LogP contribution in [-0.4, -0.2) is 30.1 Å². The minimum absolute atomic E-state index is 0.0217. The third-order valence-electron chi connectivity index (χ3n) is 3.96. The molecule has 0 bridgehead atoms. The average Bonchev–Trinajstić information content (AvgIpc) is 2.57. The summed E-state index contributed by atoms with van der Waals surface area (Å²) in [4.78, 5) is 31.1. The molecule has 7 heteroatoms. The lowest BCUT2D eigenvalue weighted by atomic mass is 10.1. The Balaban J connectivity index is 2.12. The number of H-pyrrole nitrogens is 1. The fourth-order valence-electron chi connectivity index (χ4n) is 2.62. The van der Waals surface area contributed by atoms with Gasteiger partial charge in [-0.1, -0.05) is 6.07 Å². The standard InChI is InChI=1S/C18H23N3O4/c1-10(13-6-7-15(24-4)16(8-13)25-5)20-17(22)9-14-11(2)19-12(3)21-18(14)23/h6-8,10H,9H2,1-5H3,(H,20,22)(H,19,21,23)/t10-/m0/s1. The van der Waals surface area contributed by atoms with Crippen LogP contribution >= 0.6 is 0 Å². The van der Waals surface area contributed by atoms with E-state index in [0.29, 0.717) is 28.6 Å². The molecule has 7 nitrogen and oxygen atoms in total. The van der Waals surface area contributed by atoms with Gasteiger partial charge in [-0.2, -0.15) is 0 Å². The van der Waals surface area contributed by atoms with Crippen LogP contribution in [0.25, 0.3) is 0 Å². The first kappa shape index (κ1) is 18.5. The minimum Gasteiger partial charge on any atom is -0.493 e. The summed E-state index contributed by atoms with van der Waals surface area (Å²) >= 11 is 0. The maximum Gasteiger partial charge on any atom is 0.254 e. The molecule has 0 aliphatic heterocycles. The topological polar surface area (TPSA) is 93.3 Å². The van der Waals surface area contributed by atoms with Crippen LogP contribution in [-0.2, 0) is 11.2 Å². The number of methoxy groups -OCH3 is 2. The summed E-state index contributed by atoms with van der Waals surface area (Å²) in [6.45, 7) is 5.30. The third kappa shape index (κ3) is 4.37. The predicted molar refractivity (Wildman–Crippen MR) is 94.1 cm³/mol. The molecule has 1 aromatic carbocycles. The molecular formula is C18H23N3O4. The number of hydrogen-bond donors (Lipinski definition) is 2. The van der Waals surface area contributed by atoms with Crippen molar-refractivity contribution in [2.24, 2.45) is 0 Å². The number of nitrogens with one attached hydrogen (secondary N) is 2. The summed E-state index contributed by atoms with van der Waals surface area (Å²) in [5, 5.41) is 2.89. The number of carbonyl (C=O) groups is 1. The lowest BCUT2D eigenvalue weighted by Gasteiger charge is -2.17. The second-order valence-corrected chi connectivity index (χ2v) is 5.80. The van der Waals surface area contributed by atoms with Gasteiger partial charge >= 0.3 is 0 Å². The average molecular weight is 345 g/mol. The number of aryl methyl sites for hydroxylation is 2. The second kappa shape index (κ2) is 7.83. The number of hydrogen-bond acceptors (Lipinski definition) is 5. The number of benzene rings is 1. The molecule has 0 aliphatic rings. The van der Waals surface area contributed by atoms with Gasteiger partial charge in [-0.05, 0) is 38.5 Å². The molecule has 1 amide bonds. The first-order valence-corrected chi connectivity index (χ1v) is 7.93. The second-order valence-electron chi connectivity index (χ2n) is 5.80. The Morgan fingerprint density at radius 2 is 1.92 bits per heavy atom. The van der Waals surface area contributed by atoms with Crippen molar-refractivity contribution in [1.82, 2.24) is 15.3 Å². The fourth-order valence-corrected chi connectivity index (χ4v) is 2.62. The van der Waals surface area contributed by atoms with Crippen LogP contribution in [0.1, 0.15) is 35.6 Å². The number of rotatable bonds is 6. The quantitative estimate of drug-likeness (QED) is 0.833. The van der Waals surface area contributed by atoms with Crippen LogP contribution in [0.4, 0.5) is 0 Å². The van der Waals surface area contributed by atoms with Crippen LogP contribution in [0.3, 0.4) is 0 Å². The summed E-state index contributed by atoms with van der Waals surface area (Å²) in [5.41, 5.74) is 1.54. The van der Waals surface area contributed by atoms with E-state index in [1.54, 1.807) is 34.1 Å². The molecule has 2 N–H and O–H groups in total. The van der Waals surface area contributed by atoms with Gasteiger partial charge in [0.2, 0.25) is 5.91 Å². The number of nitrogens with zero attached hydrogens (tertiary/aromatic N) is 1. The van der Waals surface area contributed by atoms with E-state index < -0.39 is 0 Å². The molecule has 1 aromatic heterocycles. The molecule has 0 spiro atoms. The minimum atomic E-state index is -0.279. The molecule has 0 radical (unpaired) electrons. The Morgan fingerprint density at radius 1 is 1.24 bits per heavy atom. The van der Waals surface area contributed by atoms with Gasteiger partial charge in [0.15, 0.2) is 11.5 Å². The van der Waals surface area contributed by atoms with Gasteiger partial charge < -0.3 is 19.8 Å². The summed E-state index contributed by atoms with van der Waals surface area (Å²) in [6, 6.07) is 5.22. The molecule has 25 heavy (non-hydrogen) atoms. The first-order valence-electron chi connectivity index (χ1n) is 7.93. The normalized spacial score (nSPS) is 11.7.